The summed E-state index contributed by atoms with van der Waals surface area (Å²) in [4.78, 5) is 24.2. The topological polar surface area (TPSA) is 81.4 Å². The van der Waals surface area contributed by atoms with Crippen LogP contribution in [0.4, 0.5) is 5.69 Å². The largest absolute Gasteiger partial charge is 0.497 e. The van der Waals surface area contributed by atoms with Gasteiger partial charge in [0, 0.05) is 11.3 Å². The van der Waals surface area contributed by atoms with Crippen LogP contribution in [0.1, 0.15) is 47.5 Å². The van der Waals surface area contributed by atoms with Gasteiger partial charge in [0.2, 0.25) is 11.8 Å². The Morgan fingerprint density at radius 1 is 1.04 bits per heavy atom. The third kappa shape index (κ3) is 4.04. The molecule has 0 aliphatic heterocycles. The summed E-state index contributed by atoms with van der Waals surface area (Å²) in [5.41, 5.74) is 7.35. The lowest BCUT2D eigenvalue weighted by Crippen LogP contribution is -2.26. The molecule has 0 radical (unpaired) electrons. The number of methoxy groups -OCH3 is 1. The molecule has 1 aliphatic carbocycles. The molecule has 26 heavy (non-hydrogen) atoms. The van der Waals surface area contributed by atoms with E-state index in [-0.39, 0.29) is 11.8 Å². The van der Waals surface area contributed by atoms with Gasteiger partial charge in [-0.3, -0.25) is 9.59 Å². The monoisotopic (exact) mass is 352 g/mol. The van der Waals surface area contributed by atoms with Gasteiger partial charge in [0.25, 0.3) is 0 Å². The molecular weight excluding hydrogens is 328 g/mol. The Balaban J connectivity index is 1.81. The number of amides is 2. The van der Waals surface area contributed by atoms with Gasteiger partial charge in [-0.15, -0.1) is 0 Å². The van der Waals surface area contributed by atoms with Crippen molar-refractivity contribution in [2.75, 3.05) is 12.4 Å². The number of hydrogen-bond donors (Lipinski definition) is 2. The average molecular weight is 352 g/mol. The van der Waals surface area contributed by atoms with Crippen LogP contribution in [0.5, 0.6) is 5.75 Å². The summed E-state index contributed by atoms with van der Waals surface area (Å²) >= 11 is 0. The van der Waals surface area contributed by atoms with Crippen molar-refractivity contribution in [2.24, 2.45) is 11.7 Å². The van der Waals surface area contributed by atoms with Crippen molar-refractivity contribution in [3.63, 3.8) is 0 Å². The lowest BCUT2D eigenvalue weighted by Gasteiger charge is -2.23. The normalized spacial score (nSPS) is 15.4. The maximum atomic E-state index is 13.0. The van der Waals surface area contributed by atoms with E-state index < -0.39 is 5.91 Å². The van der Waals surface area contributed by atoms with Gasteiger partial charge < -0.3 is 15.8 Å². The summed E-state index contributed by atoms with van der Waals surface area (Å²) in [6.07, 6.45) is 4.45. The first-order valence-corrected chi connectivity index (χ1v) is 8.93. The Morgan fingerprint density at radius 3 is 2.19 bits per heavy atom. The van der Waals surface area contributed by atoms with Crippen LogP contribution in [0.2, 0.25) is 0 Å². The number of primary amides is 1. The first-order chi connectivity index (χ1) is 12.6. The number of carbonyl (C=O) groups excluding carboxylic acids is 2. The molecule has 1 fully saturated rings. The minimum Gasteiger partial charge on any atom is -0.497 e. The van der Waals surface area contributed by atoms with Crippen LogP contribution in [0.15, 0.2) is 48.5 Å². The fourth-order valence-electron chi connectivity index (χ4n) is 3.68. The molecule has 1 atom stereocenters. The van der Waals surface area contributed by atoms with E-state index >= 15 is 0 Å². The van der Waals surface area contributed by atoms with Crippen LogP contribution in [0.3, 0.4) is 0 Å². The van der Waals surface area contributed by atoms with Crippen LogP contribution < -0.4 is 15.8 Å². The van der Waals surface area contributed by atoms with E-state index in [0.29, 0.717) is 17.2 Å². The lowest BCUT2D eigenvalue weighted by molar-refractivity contribution is -0.118. The van der Waals surface area contributed by atoms with Crippen molar-refractivity contribution >= 4 is 17.5 Å². The maximum Gasteiger partial charge on any atom is 0.248 e. The molecule has 1 saturated carbocycles. The summed E-state index contributed by atoms with van der Waals surface area (Å²) in [6.45, 7) is 0. The molecule has 2 aromatic carbocycles. The summed E-state index contributed by atoms with van der Waals surface area (Å²) in [7, 11) is 1.63. The standard InChI is InChI=1S/C21H24N2O3/c1-26-18-12-8-15(9-13-18)19(14-4-2-3-5-14)21(25)23-17-10-6-16(7-11-17)20(22)24/h6-14,19H,2-5H2,1H3,(H2,22,24)(H,23,25). The van der Waals surface area contributed by atoms with Crippen LogP contribution >= 0.6 is 0 Å². The molecule has 2 aromatic rings. The first kappa shape index (κ1) is 18.0. The predicted octanol–water partition coefficient (Wildman–Crippen LogP) is 3.71. The number of nitrogens with two attached hydrogens (primary N) is 1. The second-order valence-corrected chi connectivity index (χ2v) is 6.73. The van der Waals surface area contributed by atoms with Crippen LogP contribution in [-0.2, 0) is 4.79 Å². The van der Waals surface area contributed by atoms with E-state index in [1.165, 1.54) is 0 Å². The minimum atomic E-state index is -0.482. The maximum absolute atomic E-state index is 13.0. The first-order valence-electron chi connectivity index (χ1n) is 8.93. The van der Waals surface area contributed by atoms with Gasteiger partial charge in [-0.05, 0) is 60.7 Å². The molecule has 5 heteroatoms. The van der Waals surface area contributed by atoms with E-state index in [1.807, 2.05) is 24.3 Å². The van der Waals surface area contributed by atoms with Gasteiger partial charge in [-0.25, -0.2) is 0 Å². The predicted molar refractivity (Wildman–Crippen MR) is 101 cm³/mol. The summed E-state index contributed by atoms with van der Waals surface area (Å²) in [6, 6.07) is 14.4. The number of hydrogen-bond acceptors (Lipinski definition) is 3. The van der Waals surface area contributed by atoms with E-state index in [9.17, 15) is 9.59 Å². The third-order valence-electron chi connectivity index (χ3n) is 5.07. The molecule has 1 unspecified atom stereocenters. The molecule has 0 spiro atoms. The molecule has 0 saturated heterocycles. The van der Waals surface area contributed by atoms with Crippen molar-refractivity contribution in [3.8, 4) is 5.75 Å². The van der Waals surface area contributed by atoms with Crippen LogP contribution in [-0.4, -0.2) is 18.9 Å². The smallest absolute Gasteiger partial charge is 0.248 e. The summed E-state index contributed by atoms with van der Waals surface area (Å²) in [5.74, 6) is 0.424. The molecule has 2 amide bonds. The number of carbonyl (C=O) groups is 2. The fraction of sp³-hybridized carbons (Fsp3) is 0.333. The lowest BCUT2D eigenvalue weighted by atomic mass is 9.84. The molecule has 0 bridgehead atoms. The van der Waals surface area contributed by atoms with Crippen LogP contribution in [0.25, 0.3) is 0 Å². The van der Waals surface area contributed by atoms with Crippen molar-refractivity contribution < 1.29 is 14.3 Å². The Labute approximate surface area is 153 Å². The zero-order chi connectivity index (χ0) is 18.5. The Bertz CT molecular complexity index is 763. The second kappa shape index (κ2) is 8.04. The van der Waals surface area contributed by atoms with Crippen molar-refractivity contribution in [1.82, 2.24) is 0 Å². The van der Waals surface area contributed by atoms with E-state index in [1.54, 1.807) is 31.4 Å². The molecule has 3 rings (SSSR count). The van der Waals surface area contributed by atoms with Gasteiger partial charge in [0.05, 0.1) is 13.0 Å². The van der Waals surface area contributed by atoms with Gasteiger partial charge >= 0.3 is 0 Å². The highest BCUT2D eigenvalue weighted by Gasteiger charge is 2.32. The van der Waals surface area contributed by atoms with Gasteiger partial charge in [-0.2, -0.15) is 0 Å². The molecule has 5 nitrogen and oxygen atoms in total. The molecule has 1 aliphatic rings. The Morgan fingerprint density at radius 2 is 1.65 bits per heavy atom. The summed E-state index contributed by atoms with van der Waals surface area (Å²) in [5, 5.41) is 2.99. The molecule has 3 N–H and O–H groups in total. The minimum absolute atomic E-state index is 0.0195. The number of ether oxygens (including phenoxy) is 1. The third-order valence-corrected chi connectivity index (χ3v) is 5.07. The zero-order valence-corrected chi connectivity index (χ0v) is 14.9. The molecule has 0 heterocycles. The van der Waals surface area contributed by atoms with Crippen molar-refractivity contribution in [1.29, 1.82) is 0 Å². The van der Waals surface area contributed by atoms with E-state index in [0.717, 1.165) is 37.0 Å². The fourth-order valence-corrected chi connectivity index (χ4v) is 3.68. The van der Waals surface area contributed by atoms with Crippen molar-refractivity contribution in [2.45, 2.75) is 31.6 Å². The average Bonchev–Trinajstić information content (AvgIpc) is 3.17. The number of rotatable bonds is 6. The highest BCUT2D eigenvalue weighted by Crippen LogP contribution is 2.38. The van der Waals surface area contributed by atoms with Gasteiger partial charge in [0.1, 0.15) is 5.75 Å². The summed E-state index contributed by atoms with van der Waals surface area (Å²) < 4.78 is 5.22. The van der Waals surface area contributed by atoms with Gasteiger partial charge in [0.15, 0.2) is 0 Å². The van der Waals surface area contributed by atoms with E-state index in [4.69, 9.17) is 10.5 Å². The number of benzene rings is 2. The SMILES string of the molecule is COc1ccc(C(C(=O)Nc2ccc(C(N)=O)cc2)C2CCCC2)cc1. The number of anilines is 1. The van der Waals surface area contributed by atoms with E-state index in [2.05, 4.69) is 5.32 Å². The Kier molecular flexibility index (Phi) is 5.56. The zero-order valence-electron chi connectivity index (χ0n) is 14.9. The molecule has 0 aromatic heterocycles. The van der Waals surface area contributed by atoms with Crippen LogP contribution in [0, 0.1) is 5.92 Å². The molecular formula is C21H24N2O3. The highest BCUT2D eigenvalue weighted by atomic mass is 16.5. The quantitative estimate of drug-likeness (QED) is 0.831. The van der Waals surface area contributed by atoms with Gasteiger partial charge in [-0.1, -0.05) is 25.0 Å². The number of nitrogens with one attached hydrogen (secondary N) is 1. The molecule has 136 valence electrons. The second-order valence-electron chi connectivity index (χ2n) is 6.73. The highest BCUT2D eigenvalue weighted by molar-refractivity contribution is 5.97. The van der Waals surface area contributed by atoms with Crippen molar-refractivity contribution in [3.05, 3.63) is 59.7 Å². The Hall–Kier alpha value is -2.82.